The van der Waals surface area contributed by atoms with Gasteiger partial charge < -0.3 is 15.4 Å². The van der Waals surface area contributed by atoms with Crippen LogP contribution in [-0.2, 0) is 26.8 Å². The van der Waals surface area contributed by atoms with Crippen molar-refractivity contribution in [2.24, 2.45) is 0 Å². The maximum atomic E-state index is 12.9. The monoisotopic (exact) mass is 668 g/mol. The van der Waals surface area contributed by atoms with Gasteiger partial charge in [0.25, 0.3) is 5.91 Å². The van der Waals surface area contributed by atoms with Crippen molar-refractivity contribution in [1.29, 1.82) is 0 Å². The highest BCUT2D eigenvalue weighted by molar-refractivity contribution is 7.89. The number of rotatable bonds is 15. The van der Waals surface area contributed by atoms with Gasteiger partial charge in [-0.05, 0) is 54.7 Å². The van der Waals surface area contributed by atoms with Crippen LogP contribution in [0, 0.1) is 0 Å². The zero-order valence-electron chi connectivity index (χ0n) is 24.5. The van der Waals surface area contributed by atoms with Gasteiger partial charge in [0.1, 0.15) is 17.4 Å². The van der Waals surface area contributed by atoms with Crippen molar-refractivity contribution in [2.75, 3.05) is 38.3 Å². The number of Topliss-reactive ketones (excluding diaryl/α,β-unsaturated/α-hetero) is 1. The Balaban J connectivity index is 1.38. The zero-order chi connectivity index (χ0) is 32.8. The second-order valence-corrected chi connectivity index (χ2v) is 13.4. The Bertz CT molecular complexity index is 1620. The van der Waals surface area contributed by atoms with Crippen molar-refractivity contribution in [3.63, 3.8) is 0 Å². The van der Waals surface area contributed by atoms with Crippen LogP contribution in [-0.4, -0.2) is 78.5 Å². The number of nitrogens with one attached hydrogen (secondary N) is 2. The molecule has 16 heteroatoms. The number of amides is 1. The Morgan fingerprint density at radius 1 is 1.02 bits per heavy atom. The Morgan fingerprint density at radius 3 is 2.29 bits per heavy atom. The normalized spacial score (nSPS) is 14.2. The van der Waals surface area contributed by atoms with Crippen molar-refractivity contribution in [3.8, 4) is 6.01 Å². The van der Waals surface area contributed by atoms with Gasteiger partial charge in [-0.2, -0.15) is 28.1 Å². The molecule has 1 amide bonds. The minimum absolute atomic E-state index is 0.00452. The molecule has 1 heterocycles. The first kappa shape index (κ1) is 34.1. The number of halogens is 4. The van der Waals surface area contributed by atoms with E-state index in [1.54, 1.807) is 36.4 Å². The summed E-state index contributed by atoms with van der Waals surface area (Å²) in [7, 11) is -0.926. The van der Waals surface area contributed by atoms with E-state index >= 15 is 0 Å². The molecule has 4 rings (SSSR count). The Labute approximate surface area is 263 Å². The molecule has 2 aromatic carbocycles. The van der Waals surface area contributed by atoms with Gasteiger partial charge in [0.15, 0.2) is 6.61 Å². The van der Waals surface area contributed by atoms with Crippen LogP contribution in [0.3, 0.4) is 0 Å². The Hall–Kier alpha value is -3.82. The van der Waals surface area contributed by atoms with Gasteiger partial charge in [0.2, 0.25) is 16.0 Å². The predicted octanol–water partition coefficient (Wildman–Crippen LogP) is 4.13. The smallest absolute Gasteiger partial charge is 0.422 e. The molecule has 45 heavy (non-hydrogen) atoms. The fourth-order valence-corrected chi connectivity index (χ4v) is 5.22. The summed E-state index contributed by atoms with van der Waals surface area (Å²) in [6.07, 6.45) is -2.67. The number of hydrogen-bond acceptors (Lipinski definition) is 9. The topological polar surface area (TPSA) is 143 Å². The van der Waals surface area contributed by atoms with E-state index in [0.717, 1.165) is 22.7 Å². The van der Waals surface area contributed by atoms with E-state index in [1.165, 1.54) is 14.1 Å². The number of ketones is 1. The van der Waals surface area contributed by atoms with Crippen LogP contribution in [0.4, 0.5) is 19.1 Å². The molecule has 0 radical (unpaired) electrons. The van der Waals surface area contributed by atoms with Crippen LogP contribution in [0.2, 0.25) is 5.02 Å². The van der Waals surface area contributed by atoms with Gasteiger partial charge in [0.05, 0.1) is 5.54 Å². The molecule has 1 fully saturated rings. The molecule has 1 aliphatic carbocycles. The number of carbonyl (C=O) groups excluding carboxylic acids is 2. The van der Waals surface area contributed by atoms with Crippen LogP contribution in [0.15, 0.2) is 48.5 Å². The molecule has 0 saturated heterocycles. The molecule has 3 aromatic rings. The highest BCUT2D eigenvalue weighted by Gasteiger charge is 2.45. The van der Waals surface area contributed by atoms with Crippen molar-refractivity contribution < 1.29 is 35.9 Å². The third-order valence-corrected chi connectivity index (χ3v) is 8.97. The maximum Gasteiger partial charge on any atom is 0.422 e. The van der Waals surface area contributed by atoms with Gasteiger partial charge in [-0.3, -0.25) is 9.59 Å². The third-order valence-electron chi connectivity index (χ3n) is 6.92. The Morgan fingerprint density at radius 2 is 1.69 bits per heavy atom. The standard InChI is InChI=1S/C29H32ClF3N6O5S/c1-39(2)45(42,43)17-23(40)4-3-15-34-25(41)20-7-5-19(6-8-20)16-24-35-26(37-27(36-24)44-18-29(31,32)33)38-28(13-14-28)21-9-11-22(30)12-10-21/h5-12H,3-4,13-18H2,1-2H3,(H,34,41)(H,35,36,37,38). The number of nitrogens with zero attached hydrogens (tertiary/aromatic N) is 4. The van der Waals surface area contributed by atoms with Gasteiger partial charge in [-0.1, -0.05) is 35.9 Å². The molecular formula is C29H32ClF3N6O5S. The van der Waals surface area contributed by atoms with Crippen LogP contribution >= 0.6 is 11.6 Å². The molecule has 0 aliphatic heterocycles. The van der Waals surface area contributed by atoms with Crippen molar-refractivity contribution >= 4 is 39.3 Å². The summed E-state index contributed by atoms with van der Waals surface area (Å²) in [4.78, 5) is 37.0. The summed E-state index contributed by atoms with van der Waals surface area (Å²) in [5.41, 5.74) is 1.46. The van der Waals surface area contributed by atoms with E-state index in [1.807, 2.05) is 12.1 Å². The minimum atomic E-state index is -4.58. The van der Waals surface area contributed by atoms with E-state index in [-0.39, 0.29) is 43.5 Å². The fraction of sp³-hybridized carbons (Fsp3) is 0.414. The van der Waals surface area contributed by atoms with Crippen LogP contribution in [0.25, 0.3) is 0 Å². The SMILES string of the molecule is CN(C)S(=O)(=O)CC(=O)CCCNC(=O)c1ccc(Cc2nc(NC3(c4ccc(Cl)cc4)CC3)nc(OCC(F)(F)F)n2)cc1. The second kappa shape index (κ2) is 14.1. The van der Waals surface area contributed by atoms with E-state index in [9.17, 15) is 31.2 Å². The van der Waals surface area contributed by atoms with Gasteiger partial charge in [-0.15, -0.1) is 0 Å². The lowest BCUT2D eigenvalue weighted by Gasteiger charge is -2.19. The molecule has 2 N–H and O–H groups in total. The number of carbonyl (C=O) groups is 2. The van der Waals surface area contributed by atoms with E-state index in [4.69, 9.17) is 16.3 Å². The predicted molar refractivity (Wildman–Crippen MR) is 161 cm³/mol. The quantitative estimate of drug-likeness (QED) is 0.229. The average Bonchev–Trinajstić information content (AvgIpc) is 3.74. The summed E-state index contributed by atoms with van der Waals surface area (Å²) < 4.78 is 68.0. The largest absolute Gasteiger partial charge is 0.454 e. The Kier molecular flexibility index (Phi) is 10.7. The fourth-order valence-electron chi connectivity index (χ4n) is 4.29. The molecule has 1 aliphatic rings. The van der Waals surface area contributed by atoms with Gasteiger partial charge in [0, 0.05) is 44.1 Å². The van der Waals surface area contributed by atoms with Crippen molar-refractivity contribution in [2.45, 2.75) is 43.8 Å². The lowest BCUT2D eigenvalue weighted by atomic mass is 10.1. The van der Waals surface area contributed by atoms with Gasteiger partial charge >= 0.3 is 12.2 Å². The first-order chi connectivity index (χ1) is 21.1. The van der Waals surface area contributed by atoms with Gasteiger partial charge in [-0.25, -0.2) is 12.7 Å². The second-order valence-electron chi connectivity index (χ2n) is 10.8. The summed E-state index contributed by atoms with van der Waals surface area (Å²) in [5.74, 6) is -1.19. The number of alkyl halides is 3. The van der Waals surface area contributed by atoms with Crippen molar-refractivity contribution in [1.82, 2.24) is 24.6 Å². The summed E-state index contributed by atoms with van der Waals surface area (Å²) in [6, 6.07) is 13.2. The number of hydrogen-bond donors (Lipinski definition) is 2. The first-order valence-electron chi connectivity index (χ1n) is 13.9. The lowest BCUT2D eigenvalue weighted by molar-refractivity contribution is -0.154. The number of anilines is 1. The molecule has 0 spiro atoms. The van der Waals surface area contributed by atoms with E-state index < -0.39 is 45.9 Å². The number of benzene rings is 2. The molecule has 1 saturated carbocycles. The third kappa shape index (κ3) is 10.1. The van der Waals surface area contributed by atoms with E-state index in [2.05, 4.69) is 25.6 Å². The number of sulfonamides is 1. The average molecular weight is 669 g/mol. The lowest BCUT2D eigenvalue weighted by Crippen LogP contribution is -2.30. The molecular weight excluding hydrogens is 637 g/mol. The summed E-state index contributed by atoms with van der Waals surface area (Å²) >= 11 is 6.01. The van der Waals surface area contributed by atoms with Crippen LogP contribution in [0.1, 0.15) is 53.0 Å². The van der Waals surface area contributed by atoms with Crippen LogP contribution < -0.4 is 15.4 Å². The first-order valence-corrected chi connectivity index (χ1v) is 15.9. The number of ether oxygens (including phenoxy) is 1. The maximum absolute atomic E-state index is 12.9. The number of aromatic nitrogens is 3. The molecule has 242 valence electrons. The molecule has 0 bridgehead atoms. The molecule has 11 nitrogen and oxygen atoms in total. The highest BCUT2D eigenvalue weighted by atomic mass is 35.5. The van der Waals surface area contributed by atoms with Crippen LogP contribution in [0.5, 0.6) is 6.01 Å². The highest BCUT2D eigenvalue weighted by Crippen LogP contribution is 2.48. The summed E-state index contributed by atoms with van der Waals surface area (Å²) in [6.45, 7) is -1.39. The molecule has 0 unspecified atom stereocenters. The summed E-state index contributed by atoms with van der Waals surface area (Å²) in [5, 5.41) is 6.49. The minimum Gasteiger partial charge on any atom is -0.454 e. The van der Waals surface area contributed by atoms with Crippen molar-refractivity contribution in [3.05, 3.63) is 76.1 Å². The van der Waals surface area contributed by atoms with E-state index in [0.29, 0.717) is 16.1 Å². The molecule has 1 aromatic heterocycles. The zero-order valence-corrected chi connectivity index (χ0v) is 26.1. The molecule has 0 atom stereocenters.